The normalized spacial score (nSPS) is 16.9. The molecule has 176 valence electrons. The van der Waals surface area contributed by atoms with Crippen LogP contribution in [0, 0.1) is 0 Å². The minimum absolute atomic E-state index is 0.00511. The van der Waals surface area contributed by atoms with E-state index in [-0.39, 0.29) is 18.6 Å². The van der Waals surface area contributed by atoms with Crippen molar-refractivity contribution in [3.8, 4) is 11.5 Å². The molecule has 4 rings (SSSR count). The SMILES string of the molecule is CCC(C)Oc1c(Cl)cc(C=C2SC(=Nc3ccccc3)N(Cc3ccco3)C2=O)cc1OC. The number of methoxy groups -OCH3 is 1. The molecule has 2 heterocycles. The Morgan fingerprint density at radius 2 is 2.00 bits per heavy atom. The first-order valence-corrected chi connectivity index (χ1v) is 12.1. The van der Waals surface area contributed by atoms with Crippen molar-refractivity contribution in [3.05, 3.63) is 82.1 Å². The van der Waals surface area contributed by atoms with Gasteiger partial charge in [-0.05, 0) is 73.1 Å². The number of halogens is 1. The second kappa shape index (κ2) is 10.8. The van der Waals surface area contributed by atoms with E-state index in [2.05, 4.69) is 0 Å². The summed E-state index contributed by atoms with van der Waals surface area (Å²) in [5.74, 6) is 1.52. The average molecular weight is 497 g/mol. The predicted octanol–water partition coefficient (Wildman–Crippen LogP) is 6.92. The zero-order valence-electron chi connectivity index (χ0n) is 19.2. The minimum atomic E-state index is -0.161. The third-order valence-electron chi connectivity index (χ3n) is 5.21. The Bertz CT molecular complexity index is 1210. The number of carbonyl (C=O) groups is 1. The molecule has 3 aromatic rings. The second-order valence-electron chi connectivity index (χ2n) is 7.68. The smallest absolute Gasteiger partial charge is 0.267 e. The molecule has 6 nitrogen and oxygen atoms in total. The highest BCUT2D eigenvalue weighted by molar-refractivity contribution is 8.18. The molecule has 0 N–H and O–H groups in total. The number of amides is 1. The number of hydrogen-bond donors (Lipinski definition) is 0. The summed E-state index contributed by atoms with van der Waals surface area (Å²) < 4.78 is 16.9. The lowest BCUT2D eigenvalue weighted by molar-refractivity contribution is -0.122. The van der Waals surface area contributed by atoms with Crippen molar-refractivity contribution >= 4 is 46.2 Å². The number of amidine groups is 1. The van der Waals surface area contributed by atoms with E-state index >= 15 is 0 Å². The Labute approximate surface area is 208 Å². The average Bonchev–Trinajstić information content (AvgIpc) is 3.45. The maximum Gasteiger partial charge on any atom is 0.267 e. The van der Waals surface area contributed by atoms with Crippen LogP contribution in [0.1, 0.15) is 31.6 Å². The first-order chi connectivity index (χ1) is 16.5. The molecule has 1 saturated heterocycles. The van der Waals surface area contributed by atoms with Crippen molar-refractivity contribution in [1.82, 2.24) is 4.90 Å². The third kappa shape index (κ3) is 5.48. The molecule has 1 aromatic heterocycles. The quantitative estimate of drug-likeness (QED) is 0.316. The number of carbonyl (C=O) groups excluding carboxylic acids is 1. The van der Waals surface area contributed by atoms with Gasteiger partial charge < -0.3 is 13.9 Å². The van der Waals surface area contributed by atoms with Crippen molar-refractivity contribution in [3.63, 3.8) is 0 Å². The molecular weight excluding hydrogens is 472 g/mol. The highest BCUT2D eigenvalue weighted by Gasteiger charge is 2.34. The number of aliphatic imine (C=N–C) groups is 1. The van der Waals surface area contributed by atoms with Gasteiger partial charge in [-0.3, -0.25) is 9.69 Å². The van der Waals surface area contributed by atoms with Crippen LogP contribution in [0.25, 0.3) is 6.08 Å². The van der Waals surface area contributed by atoms with Crippen LogP contribution in [0.4, 0.5) is 5.69 Å². The molecule has 1 aliphatic rings. The maximum atomic E-state index is 13.4. The van der Waals surface area contributed by atoms with E-state index in [0.717, 1.165) is 17.7 Å². The Morgan fingerprint density at radius 3 is 2.68 bits per heavy atom. The van der Waals surface area contributed by atoms with Crippen LogP contribution in [-0.4, -0.2) is 29.2 Å². The van der Waals surface area contributed by atoms with Gasteiger partial charge in [0, 0.05) is 0 Å². The summed E-state index contributed by atoms with van der Waals surface area (Å²) in [6.45, 7) is 4.30. The van der Waals surface area contributed by atoms with Gasteiger partial charge in [0.15, 0.2) is 16.7 Å². The molecule has 1 unspecified atom stereocenters. The van der Waals surface area contributed by atoms with Gasteiger partial charge in [0.1, 0.15) is 5.76 Å². The molecule has 0 bridgehead atoms. The molecule has 1 amide bonds. The Hall–Kier alpha value is -3.16. The zero-order valence-corrected chi connectivity index (χ0v) is 20.7. The maximum absolute atomic E-state index is 13.4. The van der Waals surface area contributed by atoms with E-state index in [0.29, 0.717) is 32.4 Å². The first-order valence-electron chi connectivity index (χ1n) is 10.9. The van der Waals surface area contributed by atoms with Crippen LogP contribution in [0.3, 0.4) is 0 Å². The molecule has 2 aromatic carbocycles. The third-order valence-corrected chi connectivity index (χ3v) is 6.49. The van der Waals surface area contributed by atoms with Crippen molar-refractivity contribution in [2.24, 2.45) is 4.99 Å². The molecular formula is C26H25ClN2O4S. The van der Waals surface area contributed by atoms with Gasteiger partial charge in [0.05, 0.1) is 41.6 Å². The topological polar surface area (TPSA) is 64.3 Å². The van der Waals surface area contributed by atoms with Gasteiger partial charge in [-0.25, -0.2) is 4.99 Å². The fourth-order valence-corrected chi connectivity index (χ4v) is 4.54. The molecule has 0 aliphatic carbocycles. The summed E-state index contributed by atoms with van der Waals surface area (Å²) in [6, 6.07) is 16.7. The highest BCUT2D eigenvalue weighted by Crippen LogP contribution is 2.40. The van der Waals surface area contributed by atoms with Gasteiger partial charge in [-0.2, -0.15) is 0 Å². The lowest BCUT2D eigenvalue weighted by Gasteiger charge is -2.17. The fourth-order valence-electron chi connectivity index (χ4n) is 3.28. The van der Waals surface area contributed by atoms with E-state index < -0.39 is 0 Å². The molecule has 34 heavy (non-hydrogen) atoms. The Kier molecular flexibility index (Phi) is 7.65. The van der Waals surface area contributed by atoms with E-state index in [4.69, 9.17) is 30.5 Å². The van der Waals surface area contributed by atoms with Gasteiger partial charge in [-0.1, -0.05) is 36.7 Å². The predicted molar refractivity (Wildman–Crippen MR) is 137 cm³/mol. The lowest BCUT2D eigenvalue weighted by atomic mass is 10.1. The first kappa shape index (κ1) is 24.0. The summed E-state index contributed by atoms with van der Waals surface area (Å²) in [4.78, 5) is 20.2. The van der Waals surface area contributed by atoms with E-state index in [1.807, 2.05) is 56.3 Å². The van der Waals surface area contributed by atoms with Crippen molar-refractivity contribution in [2.45, 2.75) is 32.9 Å². The number of benzene rings is 2. The lowest BCUT2D eigenvalue weighted by Crippen LogP contribution is -2.28. The fraction of sp³-hybridized carbons (Fsp3) is 0.231. The Morgan fingerprint density at radius 1 is 1.21 bits per heavy atom. The van der Waals surface area contributed by atoms with Crippen LogP contribution in [0.15, 0.2) is 75.2 Å². The number of furan rings is 1. The Balaban J connectivity index is 1.68. The van der Waals surface area contributed by atoms with Crippen molar-refractivity contribution in [2.75, 3.05) is 7.11 Å². The number of nitrogens with zero attached hydrogens (tertiary/aromatic N) is 2. The summed E-state index contributed by atoms with van der Waals surface area (Å²) in [6.07, 6.45) is 4.21. The molecule has 1 fully saturated rings. The molecule has 8 heteroatoms. The molecule has 0 saturated carbocycles. The monoisotopic (exact) mass is 496 g/mol. The zero-order chi connectivity index (χ0) is 24.1. The molecule has 0 spiro atoms. The van der Waals surface area contributed by atoms with Crippen LogP contribution in [0.5, 0.6) is 11.5 Å². The standard InChI is InChI=1S/C26H25ClN2O4S/c1-4-17(2)33-24-21(27)13-18(14-22(24)31-3)15-23-25(30)29(16-20-11-8-12-32-20)26(34-23)28-19-9-6-5-7-10-19/h5-15,17H,4,16H2,1-3H3. The van der Waals surface area contributed by atoms with Gasteiger partial charge in [0.25, 0.3) is 5.91 Å². The number of para-hydroxylation sites is 1. The summed E-state index contributed by atoms with van der Waals surface area (Å²) in [7, 11) is 1.57. The van der Waals surface area contributed by atoms with Crippen LogP contribution < -0.4 is 9.47 Å². The van der Waals surface area contributed by atoms with Crippen LogP contribution in [-0.2, 0) is 11.3 Å². The number of thioether (sulfide) groups is 1. The summed E-state index contributed by atoms with van der Waals surface area (Å²) >= 11 is 7.83. The van der Waals surface area contributed by atoms with Gasteiger partial charge >= 0.3 is 0 Å². The minimum Gasteiger partial charge on any atom is -0.493 e. The van der Waals surface area contributed by atoms with Crippen molar-refractivity contribution in [1.29, 1.82) is 0 Å². The second-order valence-corrected chi connectivity index (χ2v) is 9.10. The van der Waals surface area contributed by atoms with Gasteiger partial charge in [-0.15, -0.1) is 0 Å². The van der Waals surface area contributed by atoms with Crippen molar-refractivity contribution < 1.29 is 18.7 Å². The number of hydrogen-bond acceptors (Lipinski definition) is 6. The van der Waals surface area contributed by atoms with Gasteiger partial charge in [0.2, 0.25) is 0 Å². The van der Waals surface area contributed by atoms with E-state index in [1.54, 1.807) is 36.5 Å². The van der Waals surface area contributed by atoms with E-state index in [1.165, 1.54) is 11.8 Å². The van der Waals surface area contributed by atoms with E-state index in [9.17, 15) is 4.79 Å². The largest absolute Gasteiger partial charge is 0.493 e. The van der Waals surface area contributed by atoms with Crippen LogP contribution >= 0.6 is 23.4 Å². The summed E-state index contributed by atoms with van der Waals surface area (Å²) in [5, 5.41) is 1.00. The van der Waals surface area contributed by atoms with Crippen LogP contribution in [0.2, 0.25) is 5.02 Å². The number of ether oxygens (including phenoxy) is 2. The molecule has 1 atom stereocenters. The molecule has 1 aliphatic heterocycles. The number of rotatable bonds is 8. The molecule has 0 radical (unpaired) electrons. The highest BCUT2D eigenvalue weighted by atomic mass is 35.5. The summed E-state index contributed by atoms with van der Waals surface area (Å²) in [5.41, 5.74) is 1.49.